The summed E-state index contributed by atoms with van der Waals surface area (Å²) in [5.41, 5.74) is 0.418. The van der Waals surface area contributed by atoms with Gasteiger partial charge in [0.15, 0.2) is 0 Å². The van der Waals surface area contributed by atoms with E-state index < -0.39 is 5.60 Å². The Morgan fingerprint density at radius 1 is 1.33 bits per heavy atom. The second kappa shape index (κ2) is 6.90. The molecular weight excluding hydrogens is 346 g/mol. The average Bonchev–Trinajstić information content (AvgIpc) is 2.84. The molecule has 0 aliphatic carbocycles. The number of para-hydroxylation sites is 1. The van der Waals surface area contributed by atoms with Crippen LogP contribution in [0, 0.1) is 0 Å². The second-order valence-electron chi connectivity index (χ2n) is 6.88. The second-order valence-corrected chi connectivity index (χ2v) is 6.88. The first-order valence-corrected chi connectivity index (χ1v) is 8.96. The van der Waals surface area contributed by atoms with Crippen LogP contribution in [0.25, 0.3) is 0 Å². The number of nitrogens with zero attached hydrogens (tertiary/aromatic N) is 2. The molecule has 2 aliphatic heterocycles. The van der Waals surface area contributed by atoms with Gasteiger partial charge in [0.25, 0.3) is 11.8 Å². The molecule has 4 rings (SSSR count). The largest absolute Gasteiger partial charge is 0.483 e. The minimum absolute atomic E-state index is 0.0952. The third kappa shape index (κ3) is 3.32. The molecule has 1 aromatic carbocycles. The first-order valence-electron chi connectivity index (χ1n) is 8.96. The fourth-order valence-electron chi connectivity index (χ4n) is 3.68. The van der Waals surface area contributed by atoms with Crippen molar-refractivity contribution < 1.29 is 19.1 Å². The zero-order valence-electron chi connectivity index (χ0n) is 15.1. The average molecular weight is 367 g/mol. The molecule has 1 fully saturated rings. The molecule has 1 aromatic heterocycles. The summed E-state index contributed by atoms with van der Waals surface area (Å²) in [6.07, 6.45) is 3.13. The first kappa shape index (κ1) is 17.3. The third-order valence-electron chi connectivity index (χ3n) is 5.05. The molecule has 7 nitrogen and oxygen atoms in total. The van der Waals surface area contributed by atoms with E-state index in [2.05, 4.69) is 10.3 Å². The maximum atomic E-state index is 13.0. The van der Waals surface area contributed by atoms with E-state index in [0.717, 1.165) is 12.8 Å². The summed E-state index contributed by atoms with van der Waals surface area (Å²) in [4.78, 5) is 31.2. The smallest absolute Gasteiger partial charge is 0.255 e. The van der Waals surface area contributed by atoms with Crippen molar-refractivity contribution in [3.05, 3.63) is 53.7 Å². The molecule has 0 bridgehead atoms. The van der Waals surface area contributed by atoms with Crippen LogP contribution < -0.4 is 14.8 Å². The van der Waals surface area contributed by atoms with Gasteiger partial charge < -0.3 is 19.7 Å². The Bertz CT molecular complexity index is 885. The number of hydrogen-bond acceptors (Lipinski definition) is 5. The number of likely N-dealkylation sites (tertiary alicyclic amines) is 1. The number of piperidine rings is 1. The first-order chi connectivity index (χ1) is 13.1. The van der Waals surface area contributed by atoms with E-state index in [1.807, 2.05) is 12.1 Å². The molecule has 2 aromatic rings. The van der Waals surface area contributed by atoms with E-state index >= 15 is 0 Å². The van der Waals surface area contributed by atoms with Gasteiger partial charge in [-0.05, 0) is 31.0 Å². The summed E-state index contributed by atoms with van der Waals surface area (Å²) in [6.45, 7) is 1.42. The highest BCUT2D eigenvalue weighted by atomic mass is 16.5. The zero-order valence-corrected chi connectivity index (χ0v) is 15.1. The number of hydrogen-bond donors (Lipinski definition) is 1. The van der Waals surface area contributed by atoms with Crippen LogP contribution in [0.1, 0.15) is 33.6 Å². The predicted molar refractivity (Wildman–Crippen MR) is 98.1 cm³/mol. The number of ether oxygens (including phenoxy) is 2. The van der Waals surface area contributed by atoms with Crippen LogP contribution >= 0.6 is 0 Å². The number of carbonyl (C=O) groups excluding carboxylic acids is 2. The van der Waals surface area contributed by atoms with E-state index in [1.165, 1.54) is 7.11 Å². The van der Waals surface area contributed by atoms with Crippen LogP contribution in [-0.2, 0) is 0 Å². The minimum atomic E-state index is -0.632. The lowest BCUT2D eigenvalue weighted by atomic mass is 9.92. The van der Waals surface area contributed by atoms with Crippen molar-refractivity contribution in [3.63, 3.8) is 0 Å². The Morgan fingerprint density at radius 3 is 3.04 bits per heavy atom. The molecule has 1 N–H and O–H groups in total. The van der Waals surface area contributed by atoms with E-state index in [1.54, 1.807) is 35.4 Å². The lowest BCUT2D eigenvalue weighted by Gasteiger charge is -2.42. The molecule has 7 heteroatoms. The van der Waals surface area contributed by atoms with E-state index in [9.17, 15) is 9.59 Å². The fraction of sp³-hybridized carbons (Fsp3) is 0.350. The van der Waals surface area contributed by atoms with Crippen LogP contribution in [0.3, 0.4) is 0 Å². The predicted octanol–water partition coefficient (Wildman–Crippen LogP) is 1.89. The Labute approximate surface area is 157 Å². The standard InChI is InChI=1S/C20H21N3O4/c1-26-17-11-14(7-9-21-17)19(25)23-10-4-8-20(13-23)12-22-18(24)15-5-2-3-6-16(15)27-20/h2-3,5-7,9,11H,4,8,10,12-13H2,1H3,(H,22,24)/t20-/m0/s1. The molecule has 2 aliphatic rings. The fourth-order valence-corrected chi connectivity index (χ4v) is 3.68. The van der Waals surface area contributed by atoms with Gasteiger partial charge in [-0.2, -0.15) is 0 Å². The number of aromatic nitrogens is 1. The zero-order chi connectivity index (χ0) is 18.9. The van der Waals surface area contributed by atoms with Crippen LogP contribution in [-0.4, -0.2) is 54.0 Å². The number of benzene rings is 1. The number of nitrogens with one attached hydrogen (secondary N) is 1. The Hall–Kier alpha value is -3.09. The summed E-state index contributed by atoms with van der Waals surface area (Å²) < 4.78 is 11.4. The van der Waals surface area contributed by atoms with Gasteiger partial charge in [-0.25, -0.2) is 4.98 Å². The normalized spacial score (nSPS) is 21.7. The Kier molecular flexibility index (Phi) is 4.43. The molecule has 0 radical (unpaired) electrons. The molecule has 1 spiro atoms. The highest BCUT2D eigenvalue weighted by Crippen LogP contribution is 2.32. The van der Waals surface area contributed by atoms with Crippen molar-refractivity contribution in [2.45, 2.75) is 18.4 Å². The van der Waals surface area contributed by atoms with Gasteiger partial charge in [0.05, 0.1) is 25.8 Å². The van der Waals surface area contributed by atoms with Gasteiger partial charge >= 0.3 is 0 Å². The number of amides is 2. The topological polar surface area (TPSA) is 80.8 Å². The molecule has 1 saturated heterocycles. The molecular formula is C20H21N3O4. The van der Waals surface area contributed by atoms with E-state index in [-0.39, 0.29) is 11.8 Å². The van der Waals surface area contributed by atoms with Gasteiger partial charge in [0.2, 0.25) is 5.88 Å². The maximum absolute atomic E-state index is 13.0. The summed E-state index contributed by atoms with van der Waals surface area (Å²) >= 11 is 0. The van der Waals surface area contributed by atoms with Crippen LogP contribution in [0.5, 0.6) is 11.6 Å². The Morgan fingerprint density at radius 2 is 2.19 bits per heavy atom. The lowest BCUT2D eigenvalue weighted by molar-refractivity contribution is -0.000874. The van der Waals surface area contributed by atoms with Gasteiger partial charge in [-0.3, -0.25) is 9.59 Å². The third-order valence-corrected chi connectivity index (χ3v) is 5.05. The van der Waals surface area contributed by atoms with Crippen LogP contribution in [0.2, 0.25) is 0 Å². The number of pyridine rings is 1. The van der Waals surface area contributed by atoms with Crippen LogP contribution in [0.15, 0.2) is 42.6 Å². The number of carbonyl (C=O) groups is 2. The molecule has 0 saturated carbocycles. The molecule has 27 heavy (non-hydrogen) atoms. The van der Waals surface area contributed by atoms with Gasteiger partial charge in [-0.15, -0.1) is 0 Å². The minimum Gasteiger partial charge on any atom is -0.483 e. The molecule has 0 unspecified atom stereocenters. The van der Waals surface area contributed by atoms with Crippen molar-refractivity contribution in [1.29, 1.82) is 0 Å². The molecule has 1 atom stereocenters. The molecule has 140 valence electrons. The van der Waals surface area contributed by atoms with Gasteiger partial charge in [0.1, 0.15) is 11.4 Å². The van der Waals surface area contributed by atoms with Crippen molar-refractivity contribution in [1.82, 2.24) is 15.2 Å². The lowest BCUT2D eigenvalue weighted by Crippen LogP contribution is -2.57. The highest BCUT2D eigenvalue weighted by Gasteiger charge is 2.42. The Balaban J connectivity index is 1.59. The monoisotopic (exact) mass is 367 g/mol. The van der Waals surface area contributed by atoms with E-state index in [4.69, 9.17) is 9.47 Å². The van der Waals surface area contributed by atoms with Crippen molar-refractivity contribution in [2.75, 3.05) is 26.7 Å². The highest BCUT2D eigenvalue weighted by molar-refractivity contribution is 5.97. The van der Waals surface area contributed by atoms with Gasteiger partial charge in [0, 0.05) is 24.4 Å². The summed E-state index contributed by atoms with van der Waals surface area (Å²) in [5, 5.41) is 2.95. The quantitative estimate of drug-likeness (QED) is 0.877. The van der Waals surface area contributed by atoms with Crippen LogP contribution in [0.4, 0.5) is 0 Å². The van der Waals surface area contributed by atoms with E-state index in [0.29, 0.717) is 42.4 Å². The molecule has 2 amide bonds. The van der Waals surface area contributed by atoms with Crippen molar-refractivity contribution in [2.24, 2.45) is 0 Å². The van der Waals surface area contributed by atoms with Crippen molar-refractivity contribution in [3.8, 4) is 11.6 Å². The summed E-state index contributed by atoms with van der Waals surface area (Å²) in [6, 6.07) is 10.5. The summed E-state index contributed by atoms with van der Waals surface area (Å²) in [7, 11) is 1.52. The maximum Gasteiger partial charge on any atom is 0.255 e. The van der Waals surface area contributed by atoms with Gasteiger partial charge in [-0.1, -0.05) is 12.1 Å². The number of rotatable bonds is 2. The number of fused-ring (bicyclic) bond motifs is 1. The summed E-state index contributed by atoms with van der Waals surface area (Å²) in [5.74, 6) is 0.721. The molecule has 3 heterocycles. The SMILES string of the molecule is COc1cc(C(=O)N2CCC[C@]3(CNC(=O)c4ccccc4O3)C2)ccn1. The number of methoxy groups -OCH3 is 1. The van der Waals surface area contributed by atoms with Crippen molar-refractivity contribution >= 4 is 11.8 Å².